The van der Waals surface area contributed by atoms with Crippen LogP contribution in [0.3, 0.4) is 0 Å². The number of hydrogen-bond acceptors (Lipinski definition) is 2. The molecule has 0 aromatic heterocycles. The van der Waals surface area contributed by atoms with Gasteiger partial charge in [0.15, 0.2) is 0 Å². The zero-order valence-corrected chi connectivity index (χ0v) is 16.2. The van der Waals surface area contributed by atoms with E-state index in [4.69, 9.17) is 4.74 Å². The molecule has 0 aliphatic rings. The van der Waals surface area contributed by atoms with E-state index in [1.54, 1.807) is 6.08 Å². The van der Waals surface area contributed by atoms with Crippen LogP contribution in [-0.2, 0) is 11.4 Å². The average Bonchev–Trinajstić information content (AvgIpc) is 2.68. The normalized spacial score (nSPS) is 10.7. The molecule has 1 N–H and O–H groups in total. The minimum Gasteiger partial charge on any atom is -0.489 e. The summed E-state index contributed by atoms with van der Waals surface area (Å²) in [6, 6.07) is 25.4. The number of anilines is 1. The van der Waals surface area contributed by atoms with E-state index in [9.17, 15) is 4.79 Å². The van der Waals surface area contributed by atoms with Crippen LogP contribution in [0.2, 0.25) is 0 Å². The van der Waals surface area contributed by atoms with Crippen molar-refractivity contribution < 1.29 is 9.53 Å². The fraction of sp³-hybridized carbons (Fsp3) is 0.0455. The third kappa shape index (κ3) is 5.74. The molecule has 26 heavy (non-hydrogen) atoms. The van der Waals surface area contributed by atoms with Crippen molar-refractivity contribution in [2.45, 2.75) is 6.61 Å². The Morgan fingerprint density at radius 1 is 0.923 bits per heavy atom. The molecule has 0 fully saturated rings. The highest BCUT2D eigenvalue weighted by atomic mass is 127. The molecule has 0 aliphatic carbocycles. The number of amides is 1. The maximum Gasteiger partial charge on any atom is 0.248 e. The van der Waals surface area contributed by atoms with E-state index < -0.39 is 0 Å². The lowest BCUT2D eigenvalue weighted by atomic mass is 10.2. The Morgan fingerprint density at radius 2 is 1.62 bits per heavy atom. The zero-order chi connectivity index (χ0) is 18.2. The Hall–Kier alpha value is -2.60. The van der Waals surface area contributed by atoms with E-state index >= 15 is 0 Å². The van der Waals surface area contributed by atoms with E-state index in [0.29, 0.717) is 6.61 Å². The van der Waals surface area contributed by atoms with Crippen LogP contribution < -0.4 is 10.1 Å². The first kappa shape index (κ1) is 18.2. The summed E-state index contributed by atoms with van der Waals surface area (Å²) in [6.45, 7) is 0.536. The monoisotopic (exact) mass is 455 g/mol. The van der Waals surface area contributed by atoms with Gasteiger partial charge in [0.1, 0.15) is 12.4 Å². The van der Waals surface area contributed by atoms with Gasteiger partial charge in [-0.2, -0.15) is 0 Å². The highest BCUT2D eigenvalue weighted by Crippen LogP contribution is 2.15. The van der Waals surface area contributed by atoms with Crippen molar-refractivity contribution in [3.8, 4) is 5.75 Å². The number of ether oxygens (including phenoxy) is 1. The highest BCUT2D eigenvalue weighted by molar-refractivity contribution is 14.1. The highest BCUT2D eigenvalue weighted by Gasteiger charge is 1.99. The number of carbonyl (C=O) groups is 1. The second-order valence-electron chi connectivity index (χ2n) is 5.67. The van der Waals surface area contributed by atoms with E-state index in [-0.39, 0.29) is 5.91 Å². The molecule has 0 saturated carbocycles. The van der Waals surface area contributed by atoms with Crippen molar-refractivity contribution in [1.29, 1.82) is 0 Å². The zero-order valence-electron chi connectivity index (χ0n) is 14.1. The summed E-state index contributed by atoms with van der Waals surface area (Å²) in [4.78, 5) is 12.0. The Balaban J connectivity index is 1.52. The molecule has 0 radical (unpaired) electrons. The minimum absolute atomic E-state index is 0.157. The topological polar surface area (TPSA) is 38.3 Å². The van der Waals surface area contributed by atoms with E-state index in [1.807, 2.05) is 78.9 Å². The van der Waals surface area contributed by atoms with Crippen LogP contribution in [0.4, 0.5) is 5.69 Å². The summed E-state index contributed by atoms with van der Waals surface area (Å²) in [5.74, 6) is 0.643. The summed E-state index contributed by atoms with van der Waals surface area (Å²) in [5, 5.41) is 2.84. The third-order valence-corrected chi connectivity index (χ3v) is 4.39. The molecule has 3 rings (SSSR count). The van der Waals surface area contributed by atoms with Gasteiger partial charge in [0.2, 0.25) is 5.91 Å². The molecule has 0 bridgehead atoms. The van der Waals surface area contributed by atoms with Crippen LogP contribution in [0.1, 0.15) is 11.1 Å². The predicted octanol–water partition coefficient (Wildman–Crippen LogP) is 5.52. The molecule has 4 heteroatoms. The molecule has 0 heterocycles. The van der Waals surface area contributed by atoms with Gasteiger partial charge >= 0.3 is 0 Å². The number of benzene rings is 3. The van der Waals surface area contributed by atoms with Crippen molar-refractivity contribution in [2.75, 3.05) is 5.32 Å². The second kappa shape index (κ2) is 9.20. The summed E-state index contributed by atoms with van der Waals surface area (Å²) < 4.78 is 6.89. The number of nitrogens with one attached hydrogen (secondary N) is 1. The first-order valence-electron chi connectivity index (χ1n) is 8.20. The van der Waals surface area contributed by atoms with Crippen LogP contribution in [0.5, 0.6) is 5.75 Å². The van der Waals surface area contributed by atoms with Crippen molar-refractivity contribution in [1.82, 2.24) is 0 Å². The molecule has 0 unspecified atom stereocenters. The maximum atomic E-state index is 12.0. The molecule has 3 aromatic carbocycles. The summed E-state index contributed by atoms with van der Waals surface area (Å²) in [5.41, 5.74) is 2.85. The lowest BCUT2D eigenvalue weighted by Crippen LogP contribution is -2.07. The lowest BCUT2D eigenvalue weighted by molar-refractivity contribution is -0.111. The molecule has 130 valence electrons. The molecular formula is C22H18INO2. The van der Waals surface area contributed by atoms with Crippen molar-refractivity contribution in [2.24, 2.45) is 0 Å². The first-order valence-corrected chi connectivity index (χ1v) is 9.28. The molecule has 1 amide bonds. The minimum atomic E-state index is -0.157. The van der Waals surface area contributed by atoms with Crippen LogP contribution in [0.15, 0.2) is 84.9 Å². The maximum absolute atomic E-state index is 12.0. The van der Waals surface area contributed by atoms with Gasteiger partial charge in [-0.25, -0.2) is 0 Å². The Morgan fingerprint density at radius 3 is 2.31 bits per heavy atom. The van der Waals surface area contributed by atoms with E-state index in [1.165, 1.54) is 6.08 Å². The number of halogens is 1. The molecule has 3 aromatic rings. The van der Waals surface area contributed by atoms with E-state index in [2.05, 4.69) is 27.9 Å². The van der Waals surface area contributed by atoms with Gasteiger partial charge in [0.25, 0.3) is 0 Å². The summed E-state index contributed by atoms with van der Waals surface area (Å²) in [6.07, 6.45) is 3.31. The number of rotatable bonds is 6. The van der Waals surface area contributed by atoms with E-state index in [0.717, 1.165) is 26.1 Å². The number of hydrogen-bond donors (Lipinski definition) is 1. The molecule has 0 spiro atoms. The predicted molar refractivity (Wildman–Crippen MR) is 114 cm³/mol. The largest absolute Gasteiger partial charge is 0.489 e. The number of carbonyl (C=O) groups excluding carboxylic acids is 1. The fourth-order valence-corrected chi connectivity index (χ4v) is 2.66. The molecule has 3 nitrogen and oxygen atoms in total. The van der Waals surface area contributed by atoms with Gasteiger partial charge in [0, 0.05) is 15.3 Å². The Bertz CT molecular complexity index is 872. The molecule has 0 atom stereocenters. The van der Waals surface area contributed by atoms with Gasteiger partial charge in [-0.15, -0.1) is 0 Å². The Labute approximate surface area is 166 Å². The van der Waals surface area contributed by atoms with Gasteiger partial charge in [-0.1, -0.05) is 42.5 Å². The third-order valence-electron chi connectivity index (χ3n) is 3.67. The van der Waals surface area contributed by atoms with Gasteiger partial charge < -0.3 is 10.1 Å². The van der Waals surface area contributed by atoms with Gasteiger partial charge in [0.05, 0.1) is 0 Å². The second-order valence-corrected chi connectivity index (χ2v) is 6.92. The van der Waals surface area contributed by atoms with Gasteiger partial charge in [-0.05, 0) is 76.2 Å². The standard InChI is InChI=1S/C22H18INO2/c23-19-9-11-20(12-10-19)24-22(25)15-8-17-6-13-21(14-7-17)26-16-18-4-2-1-3-5-18/h1-15H,16H2,(H,24,25). The fourth-order valence-electron chi connectivity index (χ4n) is 2.31. The smallest absolute Gasteiger partial charge is 0.248 e. The SMILES string of the molecule is O=C(C=Cc1ccc(OCc2ccccc2)cc1)Nc1ccc(I)cc1. The molecule has 0 saturated heterocycles. The van der Waals surface area contributed by atoms with Crippen LogP contribution in [0, 0.1) is 3.57 Å². The molecular weight excluding hydrogens is 437 g/mol. The summed E-state index contributed by atoms with van der Waals surface area (Å²) in [7, 11) is 0. The van der Waals surface area contributed by atoms with Crippen molar-refractivity contribution in [3.63, 3.8) is 0 Å². The average molecular weight is 455 g/mol. The van der Waals surface area contributed by atoms with Crippen LogP contribution >= 0.6 is 22.6 Å². The van der Waals surface area contributed by atoms with Crippen molar-refractivity contribution >= 4 is 40.3 Å². The van der Waals surface area contributed by atoms with Gasteiger partial charge in [-0.3, -0.25) is 4.79 Å². The summed E-state index contributed by atoms with van der Waals surface area (Å²) >= 11 is 2.23. The van der Waals surface area contributed by atoms with Crippen LogP contribution in [0.25, 0.3) is 6.08 Å². The quantitative estimate of drug-likeness (QED) is 0.393. The first-order chi connectivity index (χ1) is 12.7. The molecule has 0 aliphatic heterocycles. The van der Waals surface area contributed by atoms with Crippen LogP contribution in [-0.4, -0.2) is 5.91 Å². The van der Waals surface area contributed by atoms with Crippen molar-refractivity contribution in [3.05, 3.63) is 99.6 Å². The Kier molecular flexibility index (Phi) is 6.44. The lowest BCUT2D eigenvalue weighted by Gasteiger charge is -2.06.